The second kappa shape index (κ2) is 7.67. The van der Waals surface area contributed by atoms with Gasteiger partial charge in [0.05, 0.1) is 30.7 Å². The van der Waals surface area contributed by atoms with Crippen molar-refractivity contribution in [3.63, 3.8) is 0 Å². The minimum atomic E-state index is -0.00871. The summed E-state index contributed by atoms with van der Waals surface area (Å²) in [5, 5.41) is 7.54. The van der Waals surface area contributed by atoms with Gasteiger partial charge in [-0.3, -0.25) is 14.3 Å². The smallest absolute Gasteiger partial charge is 0.267 e. The molecular weight excluding hydrogens is 370 g/mol. The van der Waals surface area contributed by atoms with E-state index in [2.05, 4.69) is 15.0 Å². The standard InChI is InChI=1S/C21H27N5O3/c27-20(18-2-1-6-25(18)16-3-4-16)22-13-15-5-7-26-19(12-15)17(14-23-26)21(28)24-8-10-29-11-9-24/h1-2,6,14-16H,3-5,7-13H2,(H,22,27). The van der Waals surface area contributed by atoms with Crippen LogP contribution in [0.15, 0.2) is 24.5 Å². The Balaban J connectivity index is 1.22. The summed E-state index contributed by atoms with van der Waals surface area (Å²) in [5.74, 6) is 0.343. The lowest BCUT2D eigenvalue weighted by Crippen LogP contribution is -2.41. The van der Waals surface area contributed by atoms with Crippen LogP contribution < -0.4 is 5.32 Å². The third-order valence-electron chi connectivity index (χ3n) is 6.21. The van der Waals surface area contributed by atoms with E-state index in [0.29, 0.717) is 50.4 Å². The van der Waals surface area contributed by atoms with Crippen molar-refractivity contribution in [3.8, 4) is 0 Å². The molecule has 4 heterocycles. The van der Waals surface area contributed by atoms with Crippen molar-refractivity contribution in [2.75, 3.05) is 32.8 Å². The molecule has 0 radical (unpaired) electrons. The molecule has 2 amide bonds. The molecule has 1 N–H and O–H groups in total. The number of hydrogen-bond acceptors (Lipinski definition) is 4. The van der Waals surface area contributed by atoms with E-state index in [1.165, 1.54) is 0 Å². The first-order valence-electron chi connectivity index (χ1n) is 10.6. The van der Waals surface area contributed by atoms with E-state index >= 15 is 0 Å². The van der Waals surface area contributed by atoms with Gasteiger partial charge in [0, 0.05) is 38.4 Å². The summed E-state index contributed by atoms with van der Waals surface area (Å²) in [5.41, 5.74) is 2.44. The molecule has 1 atom stereocenters. The van der Waals surface area contributed by atoms with Crippen LogP contribution in [0, 0.1) is 5.92 Å². The van der Waals surface area contributed by atoms with Crippen LogP contribution in [-0.4, -0.2) is 63.9 Å². The average Bonchev–Trinajstić information content (AvgIpc) is 3.33. The average molecular weight is 397 g/mol. The highest BCUT2D eigenvalue weighted by molar-refractivity contribution is 5.95. The van der Waals surface area contributed by atoms with Gasteiger partial charge in [-0.2, -0.15) is 5.10 Å². The van der Waals surface area contributed by atoms with Crippen LogP contribution >= 0.6 is 0 Å². The maximum Gasteiger partial charge on any atom is 0.267 e. The van der Waals surface area contributed by atoms with Crippen molar-refractivity contribution in [3.05, 3.63) is 41.5 Å². The number of hydrogen-bond donors (Lipinski definition) is 1. The first kappa shape index (κ1) is 18.4. The summed E-state index contributed by atoms with van der Waals surface area (Å²) in [6, 6.07) is 4.32. The van der Waals surface area contributed by atoms with Gasteiger partial charge in [0.2, 0.25) is 0 Å². The zero-order chi connectivity index (χ0) is 19.8. The van der Waals surface area contributed by atoms with Gasteiger partial charge in [-0.25, -0.2) is 0 Å². The molecule has 1 aliphatic carbocycles. The number of ether oxygens (including phenoxy) is 1. The predicted octanol–water partition coefficient (Wildman–Crippen LogP) is 1.48. The number of aromatic nitrogens is 3. The fraction of sp³-hybridized carbons (Fsp3) is 0.571. The summed E-state index contributed by atoms with van der Waals surface area (Å²) in [7, 11) is 0. The van der Waals surface area contributed by atoms with Gasteiger partial charge in [-0.05, 0) is 43.7 Å². The molecule has 0 spiro atoms. The fourth-order valence-corrected chi connectivity index (χ4v) is 4.37. The number of fused-ring (bicyclic) bond motifs is 1. The minimum absolute atomic E-state index is 0.00871. The van der Waals surface area contributed by atoms with Crippen LogP contribution in [-0.2, 0) is 17.7 Å². The lowest BCUT2D eigenvalue weighted by Gasteiger charge is -2.28. The van der Waals surface area contributed by atoms with E-state index < -0.39 is 0 Å². The largest absolute Gasteiger partial charge is 0.378 e. The molecule has 0 aromatic carbocycles. The molecule has 2 aromatic heterocycles. The molecule has 154 valence electrons. The predicted molar refractivity (Wildman–Crippen MR) is 106 cm³/mol. The second-order valence-electron chi connectivity index (χ2n) is 8.23. The molecule has 8 heteroatoms. The van der Waals surface area contributed by atoms with Crippen molar-refractivity contribution in [2.45, 2.75) is 38.3 Å². The summed E-state index contributed by atoms with van der Waals surface area (Å²) in [6.45, 7) is 3.84. The zero-order valence-electron chi connectivity index (χ0n) is 16.5. The Hall–Kier alpha value is -2.61. The molecule has 29 heavy (non-hydrogen) atoms. The molecule has 2 aliphatic heterocycles. The van der Waals surface area contributed by atoms with Gasteiger partial charge >= 0.3 is 0 Å². The normalized spacial score (nSPS) is 21.7. The monoisotopic (exact) mass is 397 g/mol. The Morgan fingerprint density at radius 1 is 1.17 bits per heavy atom. The van der Waals surface area contributed by atoms with E-state index in [1.807, 2.05) is 27.9 Å². The van der Waals surface area contributed by atoms with E-state index in [-0.39, 0.29) is 11.8 Å². The first-order valence-corrected chi connectivity index (χ1v) is 10.6. The Morgan fingerprint density at radius 2 is 2.00 bits per heavy atom. The zero-order valence-corrected chi connectivity index (χ0v) is 16.5. The number of carbonyl (C=O) groups is 2. The highest BCUT2D eigenvalue weighted by atomic mass is 16.5. The topological polar surface area (TPSA) is 81.4 Å². The van der Waals surface area contributed by atoms with Crippen molar-refractivity contribution in [1.29, 1.82) is 0 Å². The van der Waals surface area contributed by atoms with Crippen molar-refractivity contribution >= 4 is 11.8 Å². The van der Waals surface area contributed by atoms with Crippen LogP contribution in [0.25, 0.3) is 0 Å². The van der Waals surface area contributed by atoms with Crippen LogP contribution in [0.5, 0.6) is 0 Å². The number of amides is 2. The molecular formula is C21H27N5O3. The molecule has 1 unspecified atom stereocenters. The van der Waals surface area contributed by atoms with Gasteiger partial charge < -0.3 is 19.5 Å². The van der Waals surface area contributed by atoms with Gasteiger partial charge in [-0.15, -0.1) is 0 Å². The number of aryl methyl sites for hydroxylation is 1. The fourth-order valence-electron chi connectivity index (χ4n) is 4.37. The molecule has 3 aliphatic rings. The molecule has 0 bridgehead atoms. The lowest BCUT2D eigenvalue weighted by molar-refractivity contribution is 0.0301. The third kappa shape index (κ3) is 3.69. The Kier molecular flexibility index (Phi) is 4.87. The maximum atomic E-state index is 12.9. The van der Waals surface area contributed by atoms with Gasteiger partial charge in [-0.1, -0.05) is 0 Å². The number of nitrogens with zero attached hydrogens (tertiary/aromatic N) is 4. The van der Waals surface area contributed by atoms with Gasteiger partial charge in [0.1, 0.15) is 5.69 Å². The Morgan fingerprint density at radius 3 is 2.79 bits per heavy atom. The number of morpholine rings is 1. The quantitative estimate of drug-likeness (QED) is 0.829. The second-order valence-corrected chi connectivity index (χ2v) is 8.23. The molecule has 2 aromatic rings. The van der Waals surface area contributed by atoms with Crippen LogP contribution in [0.4, 0.5) is 0 Å². The van der Waals surface area contributed by atoms with Crippen molar-refractivity contribution in [1.82, 2.24) is 24.6 Å². The number of rotatable bonds is 5. The van der Waals surface area contributed by atoms with Crippen LogP contribution in [0.3, 0.4) is 0 Å². The van der Waals surface area contributed by atoms with E-state index in [0.717, 1.165) is 43.6 Å². The Labute approximate surface area is 169 Å². The highest BCUT2D eigenvalue weighted by Gasteiger charge is 2.30. The number of nitrogens with one attached hydrogen (secondary N) is 1. The molecule has 5 rings (SSSR count). The lowest BCUT2D eigenvalue weighted by atomic mass is 9.94. The van der Waals surface area contributed by atoms with Gasteiger partial charge in [0.15, 0.2) is 0 Å². The number of carbonyl (C=O) groups excluding carboxylic acids is 2. The molecule has 1 saturated carbocycles. The third-order valence-corrected chi connectivity index (χ3v) is 6.21. The van der Waals surface area contributed by atoms with E-state index in [9.17, 15) is 9.59 Å². The summed E-state index contributed by atoms with van der Waals surface area (Å²) in [4.78, 5) is 27.4. The maximum absolute atomic E-state index is 12.9. The Bertz CT molecular complexity index is 907. The summed E-state index contributed by atoms with van der Waals surface area (Å²) < 4.78 is 9.39. The van der Waals surface area contributed by atoms with Crippen molar-refractivity contribution < 1.29 is 14.3 Å². The SMILES string of the molecule is O=C(NCC1CCn2ncc(C(=O)N3CCOCC3)c2C1)c1cccn1C1CC1. The molecule has 8 nitrogen and oxygen atoms in total. The minimum Gasteiger partial charge on any atom is -0.378 e. The molecule has 2 fully saturated rings. The summed E-state index contributed by atoms with van der Waals surface area (Å²) in [6.07, 6.45) is 7.72. The van der Waals surface area contributed by atoms with Gasteiger partial charge in [0.25, 0.3) is 11.8 Å². The van der Waals surface area contributed by atoms with E-state index in [1.54, 1.807) is 6.20 Å². The summed E-state index contributed by atoms with van der Waals surface area (Å²) >= 11 is 0. The first-order chi connectivity index (χ1) is 14.2. The van der Waals surface area contributed by atoms with Crippen LogP contribution in [0.1, 0.15) is 51.8 Å². The molecule has 1 saturated heterocycles. The van der Waals surface area contributed by atoms with Crippen molar-refractivity contribution in [2.24, 2.45) is 5.92 Å². The van der Waals surface area contributed by atoms with E-state index in [4.69, 9.17) is 4.74 Å². The highest BCUT2D eigenvalue weighted by Crippen LogP contribution is 2.36. The van der Waals surface area contributed by atoms with Crippen LogP contribution in [0.2, 0.25) is 0 Å².